The summed E-state index contributed by atoms with van der Waals surface area (Å²) in [6, 6.07) is 21.1. The van der Waals surface area contributed by atoms with Gasteiger partial charge in [0.1, 0.15) is 17.2 Å². The van der Waals surface area contributed by atoms with Crippen molar-refractivity contribution in [2.45, 2.75) is 12.5 Å². The molecule has 2 amide bonds. The molecular weight excluding hydrogens is 392 g/mol. The first-order chi connectivity index (χ1) is 14.1. The van der Waals surface area contributed by atoms with Gasteiger partial charge in [-0.1, -0.05) is 35.9 Å². The summed E-state index contributed by atoms with van der Waals surface area (Å²) in [5.41, 5.74) is 1.18. The number of para-hydroxylation sites is 3. The number of amides is 2. The van der Waals surface area contributed by atoms with Crippen molar-refractivity contribution in [3.63, 3.8) is 0 Å². The molecule has 0 radical (unpaired) electrons. The Morgan fingerprint density at radius 2 is 1.76 bits per heavy atom. The van der Waals surface area contributed by atoms with Gasteiger partial charge in [-0.2, -0.15) is 0 Å². The molecule has 0 saturated carbocycles. The third-order valence-corrected chi connectivity index (χ3v) is 4.59. The number of benzene rings is 3. The lowest BCUT2D eigenvalue weighted by Gasteiger charge is -2.25. The topological polar surface area (TPSA) is 76.7 Å². The van der Waals surface area contributed by atoms with Crippen LogP contribution in [0.25, 0.3) is 0 Å². The normalized spacial score (nSPS) is 14.9. The van der Waals surface area contributed by atoms with E-state index in [0.29, 0.717) is 33.6 Å². The zero-order valence-electron chi connectivity index (χ0n) is 15.2. The Balaban J connectivity index is 1.35. The maximum absolute atomic E-state index is 12.3. The van der Waals surface area contributed by atoms with E-state index >= 15 is 0 Å². The van der Waals surface area contributed by atoms with Crippen molar-refractivity contribution in [2.24, 2.45) is 0 Å². The molecule has 3 aromatic rings. The fourth-order valence-corrected chi connectivity index (χ4v) is 3.04. The summed E-state index contributed by atoms with van der Waals surface area (Å²) >= 11 is 6.08. The number of hydrogen-bond acceptors (Lipinski definition) is 4. The first-order valence-electron chi connectivity index (χ1n) is 8.97. The van der Waals surface area contributed by atoms with E-state index in [4.69, 9.17) is 21.1 Å². The van der Waals surface area contributed by atoms with E-state index in [2.05, 4.69) is 10.6 Å². The molecule has 0 bridgehead atoms. The van der Waals surface area contributed by atoms with E-state index < -0.39 is 6.10 Å². The summed E-state index contributed by atoms with van der Waals surface area (Å²) in [7, 11) is 0. The third-order valence-electron chi connectivity index (χ3n) is 4.28. The summed E-state index contributed by atoms with van der Waals surface area (Å²) < 4.78 is 11.4. The van der Waals surface area contributed by atoms with Crippen LogP contribution in [-0.4, -0.2) is 17.9 Å². The third kappa shape index (κ3) is 4.50. The van der Waals surface area contributed by atoms with Crippen LogP contribution < -0.4 is 20.1 Å². The first-order valence-corrected chi connectivity index (χ1v) is 9.35. The Labute approximate surface area is 172 Å². The second-order valence-electron chi connectivity index (χ2n) is 6.40. The van der Waals surface area contributed by atoms with Crippen LogP contribution in [0.1, 0.15) is 6.42 Å². The molecule has 0 spiro atoms. The number of halogens is 1. The molecule has 29 heavy (non-hydrogen) atoms. The van der Waals surface area contributed by atoms with Crippen LogP contribution in [0.2, 0.25) is 5.02 Å². The van der Waals surface area contributed by atoms with Gasteiger partial charge in [0.15, 0.2) is 6.10 Å². The number of nitrogens with one attached hydrogen (secondary N) is 2. The molecule has 6 nitrogen and oxygen atoms in total. The van der Waals surface area contributed by atoms with Crippen molar-refractivity contribution in [3.8, 4) is 17.2 Å². The molecule has 0 fully saturated rings. The minimum Gasteiger partial charge on any atom is -0.478 e. The zero-order chi connectivity index (χ0) is 20.2. The van der Waals surface area contributed by atoms with Gasteiger partial charge in [0, 0.05) is 5.69 Å². The molecule has 0 aliphatic carbocycles. The molecule has 1 aliphatic heterocycles. The number of ether oxygens (including phenoxy) is 2. The van der Waals surface area contributed by atoms with Gasteiger partial charge >= 0.3 is 0 Å². The number of anilines is 2. The van der Waals surface area contributed by atoms with E-state index in [0.717, 1.165) is 0 Å². The van der Waals surface area contributed by atoms with Gasteiger partial charge < -0.3 is 20.1 Å². The zero-order valence-corrected chi connectivity index (χ0v) is 16.0. The van der Waals surface area contributed by atoms with Gasteiger partial charge in [-0.15, -0.1) is 0 Å². The van der Waals surface area contributed by atoms with Gasteiger partial charge in [0.05, 0.1) is 17.1 Å². The lowest BCUT2D eigenvalue weighted by Crippen LogP contribution is -2.39. The first kappa shape index (κ1) is 18.8. The lowest BCUT2D eigenvalue weighted by atomic mass is 10.1. The molecule has 1 heterocycles. The van der Waals surface area contributed by atoms with Crippen LogP contribution in [0.3, 0.4) is 0 Å². The van der Waals surface area contributed by atoms with Gasteiger partial charge in [0.2, 0.25) is 5.91 Å². The van der Waals surface area contributed by atoms with Crippen molar-refractivity contribution < 1.29 is 19.1 Å². The summed E-state index contributed by atoms with van der Waals surface area (Å²) in [4.78, 5) is 24.5. The molecule has 1 aliphatic rings. The van der Waals surface area contributed by atoms with E-state index in [-0.39, 0.29) is 18.2 Å². The fourth-order valence-electron chi connectivity index (χ4n) is 2.87. The van der Waals surface area contributed by atoms with E-state index in [1.807, 2.05) is 12.1 Å². The summed E-state index contributed by atoms with van der Waals surface area (Å²) in [5, 5.41) is 6.01. The number of carbonyl (C=O) groups excluding carboxylic acids is 2. The highest BCUT2D eigenvalue weighted by atomic mass is 35.5. The predicted molar refractivity (Wildman–Crippen MR) is 111 cm³/mol. The number of hydrogen-bond donors (Lipinski definition) is 2. The molecule has 1 atom stereocenters. The van der Waals surface area contributed by atoms with Crippen molar-refractivity contribution in [2.75, 3.05) is 10.6 Å². The van der Waals surface area contributed by atoms with Crippen LogP contribution in [0.4, 0.5) is 11.4 Å². The lowest BCUT2D eigenvalue weighted by molar-refractivity contribution is -0.128. The standard InChI is InChI=1S/C22H17ClN2O4/c23-16-5-1-3-7-18(16)28-15-11-9-14(10-12-15)24-21(26)13-20-22(27)25-17-6-2-4-8-19(17)29-20/h1-12,20H,13H2,(H,24,26)(H,25,27)/t20-/m0/s1. The number of fused-ring (bicyclic) bond motifs is 1. The largest absolute Gasteiger partial charge is 0.478 e. The van der Waals surface area contributed by atoms with E-state index in [1.165, 1.54) is 0 Å². The van der Waals surface area contributed by atoms with Crippen molar-refractivity contribution in [1.82, 2.24) is 0 Å². The van der Waals surface area contributed by atoms with Crippen molar-refractivity contribution >= 4 is 34.8 Å². The van der Waals surface area contributed by atoms with Crippen LogP contribution in [-0.2, 0) is 9.59 Å². The van der Waals surface area contributed by atoms with Crippen LogP contribution in [0.5, 0.6) is 17.2 Å². The van der Waals surface area contributed by atoms with Crippen LogP contribution >= 0.6 is 11.6 Å². The Morgan fingerprint density at radius 1 is 1.03 bits per heavy atom. The van der Waals surface area contributed by atoms with E-state index in [1.54, 1.807) is 60.7 Å². The summed E-state index contributed by atoms with van der Waals surface area (Å²) in [6.07, 6.45) is -0.981. The van der Waals surface area contributed by atoms with E-state index in [9.17, 15) is 9.59 Å². The van der Waals surface area contributed by atoms with Gasteiger partial charge in [0.25, 0.3) is 5.91 Å². The smallest absolute Gasteiger partial charge is 0.266 e. The molecular formula is C22H17ClN2O4. The Morgan fingerprint density at radius 3 is 2.55 bits per heavy atom. The maximum atomic E-state index is 12.3. The Bertz CT molecular complexity index is 1050. The molecule has 4 rings (SSSR count). The molecule has 0 saturated heterocycles. The van der Waals surface area contributed by atoms with Crippen LogP contribution in [0.15, 0.2) is 72.8 Å². The number of carbonyl (C=O) groups is 2. The second kappa shape index (κ2) is 8.24. The van der Waals surface area contributed by atoms with Crippen LogP contribution in [0, 0.1) is 0 Å². The molecule has 0 aromatic heterocycles. The Hall–Kier alpha value is -3.51. The summed E-state index contributed by atoms with van der Waals surface area (Å²) in [6.45, 7) is 0. The predicted octanol–water partition coefficient (Wildman–Crippen LogP) is 4.86. The average Bonchev–Trinajstić information content (AvgIpc) is 2.72. The van der Waals surface area contributed by atoms with Gasteiger partial charge in [-0.25, -0.2) is 0 Å². The molecule has 146 valence electrons. The molecule has 2 N–H and O–H groups in total. The van der Waals surface area contributed by atoms with Gasteiger partial charge in [-0.05, 0) is 48.5 Å². The molecule has 3 aromatic carbocycles. The minimum absolute atomic E-state index is 0.0992. The van der Waals surface area contributed by atoms with Gasteiger partial charge in [-0.3, -0.25) is 9.59 Å². The highest BCUT2D eigenvalue weighted by Gasteiger charge is 2.29. The summed E-state index contributed by atoms with van der Waals surface area (Å²) in [5.74, 6) is 1.01. The molecule has 0 unspecified atom stereocenters. The average molecular weight is 409 g/mol. The Kier molecular flexibility index (Phi) is 5.35. The maximum Gasteiger partial charge on any atom is 0.266 e. The second-order valence-corrected chi connectivity index (χ2v) is 6.81. The van der Waals surface area contributed by atoms with Crippen molar-refractivity contribution in [3.05, 3.63) is 77.8 Å². The quantitative estimate of drug-likeness (QED) is 0.632. The minimum atomic E-state index is -0.882. The molecule has 7 heteroatoms. The highest BCUT2D eigenvalue weighted by Crippen LogP contribution is 2.31. The van der Waals surface area contributed by atoms with Crippen molar-refractivity contribution in [1.29, 1.82) is 0 Å². The fraction of sp³-hybridized carbons (Fsp3) is 0.0909. The monoisotopic (exact) mass is 408 g/mol. The number of rotatable bonds is 5. The SMILES string of the molecule is O=C(C[C@@H]1Oc2ccccc2NC1=O)Nc1ccc(Oc2ccccc2Cl)cc1. The highest BCUT2D eigenvalue weighted by molar-refractivity contribution is 6.32.